The van der Waals surface area contributed by atoms with Crippen molar-refractivity contribution < 1.29 is 18.3 Å². The molecular formula is C25H36N4O5S. The normalized spacial score (nSPS) is 23.8. The number of carbonyl (C=O) groups is 1. The summed E-state index contributed by atoms with van der Waals surface area (Å²) in [4.78, 5) is 28.7. The number of hydrogen-bond donors (Lipinski definition) is 2. The van der Waals surface area contributed by atoms with Crippen LogP contribution >= 0.6 is 0 Å². The number of pyridine rings is 1. The smallest absolute Gasteiger partial charge is 0.264 e. The molecule has 1 aromatic heterocycles. The van der Waals surface area contributed by atoms with Crippen LogP contribution in [0, 0.1) is 0 Å². The third-order valence-corrected chi connectivity index (χ3v) is 8.66. The van der Waals surface area contributed by atoms with Crippen molar-refractivity contribution in [1.82, 2.24) is 19.1 Å². The van der Waals surface area contributed by atoms with E-state index in [1.165, 1.54) is 11.4 Å². The summed E-state index contributed by atoms with van der Waals surface area (Å²) in [5, 5.41) is 14.5. The highest BCUT2D eigenvalue weighted by molar-refractivity contribution is 7.88. The second-order valence-corrected chi connectivity index (χ2v) is 12.4. The van der Waals surface area contributed by atoms with Gasteiger partial charge < -0.3 is 15.0 Å². The fraction of sp³-hybridized carbons (Fsp3) is 0.600. The van der Waals surface area contributed by atoms with Crippen molar-refractivity contribution in [3.8, 4) is 0 Å². The average Bonchev–Trinajstić information content (AvgIpc) is 2.99. The Hall–Kier alpha value is -2.27. The summed E-state index contributed by atoms with van der Waals surface area (Å²) >= 11 is 0. The van der Waals surface area contributed by atoms with Crippen LogP contribution in [0.5, 0.6) is 0 Å². The molecule has 3 heterocycles. The molecule has 9 nitrogen and oxygen atoms in total. The molecule has 0 spiro atoms. The number of aliphatic hydroxyl groups excluding tert-OH is 1. The van der Waals surface area contributed by atoms with Crippen LogP contribution in [0.4, 0.5) is 0 Å². The van der Waals surface area contributed by atoms with Crippen molar-refractivity contribution in [2.24, 2.45) is 0 Å². The van der Waals surface area contributed by atoms with E-state index in [1.54, 1.807) is 10.6 Å². The zero-order valence-corrected chi connectivity index (χ0v) is 21.7. The van der Waals surface area contributed by atoms with E-state index >= 15 is 0 Å². The SMILES string of the molecule is CC(C)n1c(=O)c(C(=O)NC2C[C@H]3CC[C@@H](C2)N3C[C@H](O)CN(C)S(C)(=O)=O)cc2ccccc21. The van der Waals surface area contributed by atoms with Crippen LogP contribution in [0.25, 0.3) is 10.9 Å². The zero-order valence-electron chi connectivity index (χ0n) is 20.8. The number of carbonyl (C=O) groups excluding carboxylic acids is 1. The maximum Gasteiger partial charge on any atom is 0.264 e. The summed E-state index contributed by atoms with van der Waals surface area (Å²) in [7, 11) is -1.88. The number of para-hydroxylation sites is 1. The topological polar surface area (TPSA) is 112 Å². The van der Waals surface area contributed by atoms with E-state index in [4.69, 9.17) is 0 Å². The zero-order chi connectivity index (χ0) is 25.5. The van der Waals surface area contributed by atoms with Gasteiger partial charge in [-0.3, -0.25) is 14.5 Å². The minimum absolute atomic E-state index is 0.0505. The Morgan fingerprint density at radius 3 is 2.43 bits per heavy atom. The van der Waals surface area contributed by atoms with E-state index in [0.29, 0.717) is 6.54 Å². The molecule has 35 heavy (non-hydrogen) atoms. The highest BCUT2D eigenvalue weighted by Gasteiger charge is 2.42. The van der Waals surface area contributed by atoms with Gasteiger partial charge >= 0.3 is 0 Å². The molecule has 1 aromatic carbocycles. The number of fused-ring (bicyclic) bond motifs is 3. The van der Waals surface area contributed by atoms with E-state index in [2.05, 4.69) is 10.2 Å². The summed E-state index contributed by atoms with van der Waals surface area (Å²) in [6.07, 6.45) is 3.77. The molecule has 2 aromatic rings. The van der Waals surface area contributed by atoms with Gasteiger partial charge in [-0.2, -0.15) is 0 Å². The standard InChI is InChI=1S/C25H36N4O5S/c1-16(2)29-23-8-6-5-7-17(23)11-22(25(29)32)24(31)26-18-12-19-9-10-20(13-18)28(19)15-21(30)14-27(3)35(4,33)34/h5-8,11,16,18-21,30H,9-10,12-15H2,1-4H3,(H,26,31)/t18?,19-,20+,21-/m1/s1. The molecule has 2 bridgehead atoms. The van der Waals surface area contributed by atoms with E-state index < -0.39 is 16.1 Å². The summed E-state index contributed by atoms with van der Waals surface area (Å²) in [6.45, 7) is 4.33. The van der Waals surface area contributed by atoms with Crippen LogP contribution in [-0.4, -0.2) is 83.8 Å². The highest BCUT2D eigenvalue weighted by Crippen LogP contribution is 2.36. The predicted molar refractivity (Wildman–Crippen MR) is 136 cm³/mol. The van der Waals surface area contributed by atoms with Crippen molar-refractivity contribution in [3.63, 3.8) is 0 Å². The Bertz CT molecular complexity index is 1240. The lowest BCUT2D eigenvalue weighted by Crippen LogP contribution is -2.53. The number of amides is 1. The molecule has 10 heteroatoms. The lowest BCUT2D eigenvalue weighted by atomic mass is 9.96. The maximum atomic E-state index is 13.2. The van der Waals surface area contributed by atoms with Gasteiger partial charge in [0.15, 0.2) is 0 Å². The van der Waals surface area contributed by atoms with E-state index in [0.717, 1.165) is 42.8 Å². The van der Waals surface area contributed by atoms with E-state index in [-0.39, 0.29) is 47.7 Å². The van der Waals surface area contributed by atoms with Crippen molar-refractivity contribution in [1.29, 1.82) is 0 Å². The lowest BCUT2D eigenvalue weighted by molar-refractivity contribution is 0.0448. The number of aromatic nitrogens is 1. The van der Waals surface area contributed by atoms with Gasteiger partial charge in [0.05, 0.1) is 17.9 Å². The fourth-order valence-corrected chi connectivity index (χ4v) is 6.09. The number of nitrogens with one attached hydrogen (secondary N) is 1. The third kappa shape index (κ3) is 5.45. The van der Waals surface area contributed by atoms with Crippen LogP contribution in [0.15, 0.2) is 35.1 Å². The molecular weight excluding hydrogens is 468 g/mol. The number of aliphatic hydroxyl groups is 1. The molecule has 2 fully saturated rings. The molecule has 4 atom stereocenters. The highest BCUT2D eigenvalue weighted by atomic mass is 32.2. The van der Waals surface area contributed by atoms with E-state index in [1.807, 2.05) is 38.1 Å². The van der Waals surface area contributed by atoms with Crippen molar-refractivity contribution in [2.75, 3.05) is 26.4 Å². The first-order valence-electron chi connectivity index (χ1n) is 12.3. The van der Waals surface area contributed by atoms with Gasteiger partial charge in [-0.25, -0.2) is 12.7 Å². The molecule has 0 radical (unpaired) electrons. The van der Waals surface area contributed by atoms with Gasteiger partial charge in [-0.05, 0) is 57.0 Å². The van der Waals surface area contributed by atoms with Crippen LogP contribution in [-0.2, 0) is 10.0 Å². The molecule has 0 aliphatic carbocycles. The first-order chi connectivity index (χ1) is 16.5. The van der Waals surface area contributed by atoms with E-state index in [9.17, 15) is 23.1 Å². The minimum Gasteiger partial charge on any atom is -0.390 e. The van der Waals surface area contributed by atoms with Gasteiger partial charge in [0.2, 0.25) is 10.0 Å². The maximum absolute atomic E-state index is 13.2. The molecule has 1 unspecified atom stereocenters. The number of sulfonamides is 1. The molecule has 0 saturated carbocycles. The minimum atomic E-state index is -3.34. The first-order valence-corrected chi connectivity index (χ1v) is 14.1. The van der Waals surface area contributed by atoms with Gasteiger partial charge in [0.25, 0.3) is 11.5 Å². The Morgan fingerprint density at radius 2 is 1.83 bits per heavy atom. The number of likely N-dealkylation sites (N-methyl/N-ethyl adjacent to an activating group) is 1. The molecule has 4 rings (SSSR count). The van der Waals surface area contributed by atoms with Gasteiger partial charge in [0, 0.05) is 44.3 Å². The molecule has 2 aliphatic heterocycles. The molecule has 192 valence electrons. The monoisotopic (exact) mass is 504 g/mol. The van der Waals surface area contributed by atoms with Gasteiger partial charge in [0.1, 0.15) is 5.56 Å². The molecule has 2 aliphatic rings. The number of piperidine rings is 1. The summed E-state index contributed by atoms with van der Waals surface area (Å²) < 4.78 is 26.1. The Kier molecular flexibility index (Phi) is 7.38. The van der Waals surface area contributed by atoms with Crippen molar-refractivity contribution in [3.05, 3.63) is 46.2 Å². The second kappa shape index (κ2) is 10.0. The Labute approximate surface area is 206 Å². The fourth-order valence-electron chi connectivity index (χ4n) is 5.65. The second-order valence-electron chi connectivity index (χ2n) is 10.3. The van der Waals surface area contributed by atoms with Crippen LogP contribution in [0.1, 0.15) is 55.9 Å². The Morgan fingerprint density at radius 1 is 1.20 bits per heavy atom. The molecule has 2 saturated heterocycles. The number of hydrogen-bond acceptors (Lipinski definition) is 6. The molecule has 2 N–H and O–H groups in total. The molecule has 1 amide bonds. The predicted octanol–water partition coefficient (Wildman–Crippen LogP) is 1.56. The summed E-state index contributed by atoms with van der Waals surface area (Å²) in [5.74, 6) is -0.345. The van der Waals surface area contributed by atoms with Gasteiger partial charge in [-0.1, -0.05) is 18.2 Å². The number of nitrogens with zero attached hydrogens (tertiary/aromatic N) is 3. The number of rotatable bonds is 8. The van der Waals surface area contributed by atoms with Gasteiger partial charge in [-0.15, -0.1) is 0 Å². The quantitative estimate of drug-likeness (QED) is 0.564. The Balaban J connectivity index is 1.44. The first kappa shape index (κ1) is 25.8. The number of benzene rings is 1. The van der Waals surface area contributed by atoms with Crippen molar-refractivity contribution in [2.45, 2.75) is 69.8 Å². The van der Waals surface area contributed by atoms with Crippen LogP contribution < -0.4 is 10.9 Å². The third-order valence-electron chi connectivity index (χ3n) is 7.38. The average molecular weight is 505 g/mol. The van der Waals surface area contributed by atoms with Crippen molar-refractivity contribution >= 4 is 26.8 Å². The van der Waals surface area contributed by atoms with Crippen LogP contribution in [0.2, 0.25) is 0 Å². The summed E-state index contributed by atoms with van der Waals surface area (Å²) in [5.41, 5.74) is 0.691. The lowest BCUT2D eigenvalue weighted by Gasteiger charge is -2.40. The van der Waals surface area contributed by atoms with Crippen LogP contribution in [0.3, 0.4) is 0 Å². The largest absolute Gasteiger partial charge is 0.390 e. The summed E-state index contributed by atoms with van der Waals surface area (Å²) in [6, 6.07) is 9.57.